The summed E-state index contributed by atoms with van der Waals surface area (Å²) in [5.74, 6) is -0.180. The maximum Gasteiger partial charge on any atom is 0.265 e. The van der Waals surface area contributed by atoms with Gasteiger partial charge in [0.2, 0.25) is 5.88 Å². The Labute approximate surface area is 160 Å². The van der Waals surface area contributed by atoms with Crippen molar-refractivity contribution in [3.05, 3.63) is 99.8 Å². The van der Waals surface area contributed by atoms with E-state index in [2.05, 4.69) is 4.99 Å². The van der Waals surface area contributed by atoms with E-state index in [9.17, 15) is 9.90 Å². The lowest BCUT2D eigenvalue weighted by atomic mass is 10.1. The molecule has 1 heterocycles. The predicted octanol–water partition coefficient (Wildman–Crippen LogP) is 5.10. The Kier molecular flexibility index (Phi) is 4.48. The molecule has 0 unspecified atom stereocenters. The van der Waals surface area contributed by atoms with Crippen molar-refractivity contribution in [1.82, 2.24) is 4.57 Å². The summed E-state index contributed by atoms with van der Waals surface area (Å²) in [4.78, 5) is 17.4. The van der Waals surface area contributed by atoms with Gasteiger partial charge in [0.25, 0.3) is 5.56 Å². The molecule has 0 fully saturated rings. The van der Waals surface area contributed by atoms with E-state index in [1.54, 1.807) is 48.7 Å². The molecule has 132 valence electrons. The van der Waals surface area contributed by atoms with Gasteiger partial charge in [0.15, 0.2) is 0 Å². The van der Waals surface area contributed by atoms with Crippen LogP contribution in [-0.2, 0) is 0 Å². The monoisotopic (exact) mass is 374 g/mol. The van der Waals surface area contributed by atoms with Crippen molar-refractivity contribution in [1.29, 1.82) is 0 Å². The highest BCUT2D eigenvalue weighted by atomic mass is 35.5. The third-order valence-electron chi connectivity index (χ3n) is 4.27. The average molecular weight is 375 g/mol. The van der Waals surface area contributed by atoms with Crippen LogP contribution >= 0.6 is 11.6 Å². The van der Waals surface area contributed by atoms with Crippen LogP contribution in [-0.4, -0.2) is 15.9 Å². The Bertz CT molecular complexity index is 1210. The fourth-order valence-electron chi connectivity index (χ4n) is 3.00. The molecular formula is C22H15ClN2O2. The summed E-state index contributed by atoms with van der Waals surface area (Å²) in [6.07, 6.45) is 1.58. The second-order valence-corrected chi connectivity index (χ2v) is 6.43. The van der Waals surface area contributed by atoms with Crippen LogP contribution in [0.25, 0.3) is 16.5 Å². The zero-order valence-corrected chi connectivity index (χ0v) is 15.0. The van der Waals surface area contributed by atoms with E-state index >= 15 is 0 Å². The van der Waals surface area contributed by atoms with Gasteiger partial charge < -0.3 is 5.11 Å². The molecule has 4 nitrogen and oxygen atoms in total. The van der Waals surface area contributed by atoms with Crippen molar-refractivity contribution in [2.45, 2.75) is 0 Å². The largest absolute Gasteiger partial charge is 0.494 e. The molecule has 0 radical (unpaired) electrons. The summed E-state index contributed by atoms with van der Waals surface area (Å²) in [6, 6.07) is 23.4. The van der Waals surface area contributed by atoms with Gasteiger partial charge in [-0.2, -0.15) is 0 Å². The number of aromatic nitrogens is 1. The molecule has 1 N–H and O–H groups in total. The lowest BCUT2D eigenvalue weighted by molar-refractivity contribution is 0.436. The number of benzene rings is 3. The Hall–Kier alpha value is -3.37. The van der Waals surface area contributed by atoms with Crippen LogP contribution in [0.1, 0.15) is 5.56 Å². The summed E-state index contributed by atoms with van der Waals surface area (Å²) in [5, 5.41) is 12.5. The van der Waals surface area contributed by atoms with Crippen molar-refractivity contribution in [2.75, 3.05) is 0 Å². The van der Waals surface area contributed by atoms with E-state index in [-0.39, 0.29) is 11.4 Å². The van der Waals surface area contributed by atoms with Crippen LogP contribution in [0.3, 0.4) is 0 Å². The summed E-state index contributed by atoms with van der Waals surface area (Å²) < 4.78 is 1.25. The van der Waals surface area contributed by atoms with Crippen LogP contribution in [0, 0.1) is 0 Å². The summed E-state index contributed by atoms with van der Waals surface area (Å²) in [5.41, 5.74) is 1.39. The first-order chi connectivity index (χ1) is 13.1. The fraction of sp³-hybridized carbons (Fsp3) is 0. The Morgan fingerprint density at radius 3 is 2.33 bits per heavy atom. The van der Waals surface area contributed by atoms with E-state index in [0.717, 1.165) is 5.69 Å². The van der Waals surface area contributed by atoms with Gasteiger partial charge in [-0.25, -0.2) is 4.57 Å². The molecular weight excluding hydrogens is 360 g/mol. The molecule has 4 aromatic rings. The molecule has 0 spiro atoms. The maximum atomic E-state index is 13.0. The second-order valence-electron chi connectivity index (χ2n) is 6.00. The van der Waals surface area contributed by atoms with Crippen molar-refractivity contribution >= 4 is 34.3 Å². The minimum Gasteiger partial charge on any atom is -0.494 e. The van der Waals surface area contributed by atoms with E-state index in [1.807, 2.05) is 36.4 Å². The lowest BCUT2D eigenvalue weighted by Crippen LogP contribution is -2.20. The highest BCUT2D eigenvalue weighted by Crippen LogP contribution is 2.27. The minimum atomic E-state index is -0.317. The third-order valence-corrected chi connectivity index (χ3v) is 4.50. The molecule has 4 rings (SSSR count). The minimum absolute atomic E-state index is 0.180. The smallest absolute Gasteiger partial charge is 0.265 e. The molecule has 0 bridgehead atoms. The summed E-state index contributed by atoms with van der Waals surface area (Å²) in [6.45, 7) is 0. The molecule has 0 saturated heterocycles. The Morgan fingerprint density at radius 1 is 0.889 bits per heavy atom. The van der Waals surface area contributed by atoms with Crippen molar-refractivity contribution in [3.8, 4) is 11.6 Å². The number of aliphatic imine (C=N–C) groups is 1. The van der Waals surface area contributed by atoms with Gasteiger partial charge in [0.05, 0.1) is 16.9 Å². The molecule has 5 heteroatoms. The summed E-state index contributed by atoms with van der Waals surface area (Å²) in [7, 11) is 0. The number of aromatic hydroxyl groups is 1. The lowest BCUT2D eigenvalue weighted by Gasteiger charge is -2.13. The van der Waals surface area contributed by atoms with E-state index in [4.69, 9.17) is 11.6 Å². The predicted molar refractivity (Wildman–Crippen MR) is 110 cm³/mol. The number of rotatable bonds is 3. The average Bonchev–Trinajstić information content (AvgIpc) is 2.69. The van der Waals surface area contributed by atoms with Gasteiger partial charge in [-0.05, 0) is 36.4 Å². The van der Waals surface area contributed by atoms with Crippen LogP contribution in [0.5, 0.6) is 5.88 Å². The highest BCUT2D eigenvalue weighted by molar-refractivity contribution is 6.30. The van der Waals surface area contributed by atoms with E-state index in [0.29, 0.717) is 27.0 Å². The molecule has 0 saturated carbocycles. The number of fused-ring (bicyclic) bond motifs is 1. The zero-order valence-electron chi connectivity index (χ0n) is 14.2. The summed E-state index contributed by atoms with van der Waals surface area (Å²) >= 11 is 6.08. The topological polar surface area (TPSA) is 54.6 Å². The first kappa shape index (κ1) is 17.1. The normalized spacial score (nSPS) is 11.3. The molecule has 0 atom stereocenters. The Morgan fingerprint density at radius 2 is 1.59 bits per heavy atom. The van der Waals surface area contributed by atoms with Crippen molar-refractivity contribution in [3.63, 3.8) is 0 Å². The zero-order chi connectivity index (χ0) is 18.8. The number of nitrogens with zero attached hydrogens (tertiary/aromatic N) is 2. The van der Waals surface area contributed by atoms with E-state index in [1.165, 1.54) is 4.57 Å². The van der Waals surface area contributed by atoms with Crippen LogP contribution in [0.4, 0.5) is 5.69 Å². The number of para-hydroxylation sites is 1. The van der Waals surface area contributed by atoms with Gasteiger partial charge in [-0.15, -0.1) is 0 Å². The van der Waals surface area contributed by atoms with Gasteiger partial charge in [-0.1, -0.05) is 54.1 Å². The molecule has 27 heavy (non-hydrogen) atoms. The molecule has 0 amide bonds. The molecule has 3 aromatic carbocycles. The SMILES string of the molecule is O=c1c2ccccc2c(C=Nc2ccccc2)c(O)n1-c1cccc(Cl)c1. The second kappa shape index (κ2) is 7.09. The first-order valence-corrected chi connectivity index (χ1v) is 8.75. The number of pyridine rings is 1. The number of halogens is 1. The quantitative estimate of drug-likeness (QED) is 0.507. The standard InChI is InChI=1S/C22H15ClN2O2/c23-15-7-6-10-17(13-15)25-21(26)19-12-5-4-11-18(19)20(22(25)27)14-24-16-8-2-1-3-9-16/h1-14,27H. The van der Waals surface area contributed by atoms with Crippen molar-refractivity contribution < 1.29 is 5.11 Å². The Balaban J connectivity index is 2.00. The number of hydrogen-bond donors (Lipinski definition) is 1. The van der Waals surface area contributed by atoms with Crippen LogP contribution in [0.15, 0.2) is 88.6 Å². The van der Waals surface area contributed by atoms with Gasteiger partial charge in [0, 0.05) is 22.0 Å². The third kappa shape index (κ3) is 3.23. The fourth-order valence-corrected chi connectivity index (χ4v) is 3.18. The highest BCUT2D eigenvalue weighted by Gasteiger charge is 2.16. The molecule has 0 aliphatic carbocycles. The van der Waals surface area contributed by atoms with Crippen LogP contribution < -0.4 is 5.56 Å². The molecule has 0 aliphatic rings. The molecule has 0 aliphatic heterocycles. The van der Waals surface area contributed by atoms with E-state index < -0.39 is 0 Å². The van der Waals surface area contributed by atoms with Gasteiger partial charge in [-0.3, -0.25) is 9.79 Å². The van der Waals surface area contributed by atoms with Gasteiger partial charge >= 0.3 is 0 Å². The number of hydrogen-bond acceptors (Lipinski definition) is 3. The first-order valence-electron chi connectivity index (χ1n) is 8.37. The molecule has 1 aromatic heterocycles. The van der Waals surface area contributed by atoms with Crippen LogP contribution in [0.2, 0.25) is 5.02 Å². The van der Waals surface area contributed by atoms with Crippen molar-refractivity contribution in [2.24, 2.45) is 4.99 Å². The maximum absolute atomic E-state index is 13.0. The van der Waals surface area contributed by atoms with Gasteiger partial charge in [0.1, 0.15) is 0 Å².